The van der Waals surface area contributed by atoms with Crippen molar-refractivity contribution in [3.05, 3.63) is 75.2 Å². The molecule has 1 atom stereocenters. The molecule has 106 valence electrons. The maximum atomic E-state index is 10.6. The van der Waals surface area contributed by atoms with Crippen LogP contribution in [0.2, 0.25) is 0 Å². The minimum atomic E-state index is -0.594. The van der Waals surface area contributed by atoms with Crippen LogP contribution in [0.25, 0.3) is 10.1 Å². The summed E-state index contributed by atoms with van der Waals surface area (Å²) in [5.74, 6) is 0. The second-order valence-corrected chi connectivity index (χ2v) is 5.95. The number of hydrogen-bond acceptors (Lipinski definition) is 4. The van der Waals surface area contributed by atoms with Crippen LogP contribution >= 0.6 is 11.3 Å². The smallest absolute Gasteiger partial charge is 0.269 e. The molecule has 4 nitrogen and oxygen atoms in total. The second kappa shape index (κ2) is 5.63. The van der Waals surface area contributed by atoms with Crippen molar-refractivity contribution in [3.63, 3.8) is 0 Å². The molecule has 3 aromatic rings. The Morgan fingerprint density at radius 2 is 1.86 bits per heavy atom. The summed E-state index contributed by atoms with van der Waals surface area (Å²) in [7, 11) is 0. The van der Waals surface area contributed by atoms with Crippen molar-refractivity contribution in [2.75, 3.05) is 0 Å². The molecule has 0 amide bonds. The first-order valence-electron chi connectivity index (χ1n) is 6.53. The highest BCUT2D eigenvalue weighted by atomic mass is 32.1. The highest BCUT2D eigenvalue weighted by Crippen LogP contribution is 2.31. The largest absolute Gasteiger partial charge is 0.387 e. The number of hydrogen-bond donors (Lipinski definition) is 1. The third kappa shape index (κ3) is 2.94. The van der Waals surface area contributed by atoms with Crippen molar-refractivity contribution in [3.8, 4) is 0 Å². The Balaban J connectivity index is 1.78. The molecule has 2 aromatic carbocycles. The summed E-state index contributed by atoms with van der Waals surface area (Å²) in [5, 5.41) is 22.1. The molecule has 0 saturated heterocycles. The number of fused-ring (bicyclic) bond motifs is 1. The van der Waals surface area contributed by atoms with E-state index in [1.807, 2.05) is 30.3 Å². The van der Waals surface area contributed by atoms with Gasteiger partial charge < -0.3 is 5.11 Å². The SMILES string of the molecule is O=[N+]([O-])c1ccc(CC(O)c2cc3ccccc3s2)cc1. The van der Waals surface area contributed by atoms with Crippen molar-refractivity contribution in [2.45, 2.75) is 12.5 Å². The van der Waals surface area contributed by atoms with E-state index in [1.54, 1.807) is 23.5 Å². The number of aliphatic hydroxyl groups is 1. The number of aliphatic hydroxyl groups excluding tert-OH is 1. The first kappa shape index (κ1) is 13.7. The van der Waals surface area contributed by atoms with Crippen molar-refractivity contribution in [1.29, 1.82) is 0 Å². The van der Waals surface area contributed by atoms with Crippen LogP contribution in [0.1, 0.15) is 16.5 Å². The highest BCUT2D eigenvalue weighted by molar-refractivity contribution is 7.19. The lowest BCUT2D eigenvalue weighted by molar-refractivity contribution is -0.384. The maximum absolute atomic E-state index is 10.6. The first-order chi connectivity index (χ1) is 10.1. The van der Waals surface area contributed by atoms with Gasteiger partial charge in [0.05, 0.1) is 11.0 Å². The zero-order valence-corrected chi connectivity index (χ0v) is 11.9. The second-order valence-electron chi connectivity index (χ2n) is 4.83. The summed E-state index contributed by atoms with van der Waals surface area (Å²) in [6.07, 6.45) is -0.144. The van der Waals surface area contributed by atoms with Crippen LogP contribution in [0.4, 0.5) is 5.69 Å². The number of non-ortho nitro benzene ring substituents is 1. The number of nitro benzene ring substituents is 1. The van der Waals surface area contributed by atoms with Crippen molar-refractivity contribution < 1.29 is 10.0 Å². The Kier molecular flexibility index (Phi) is 3.68. The fraction of sp³-hybridized carbons (Fsp3) is 0.125. The van der Waals surface area contributed by atoms with E-state index in [4.69, 9.17) is 0 Å². The Hall–Kier alpha value is -2.24. The average molecular weight is 299 g/mol. The molecule has 3 rings (SSSR count). The molecule has 0 spiro atoms. The van der Waals surface area contributed by atoms with E-state index < -0.39 is 11.0 Å². The number of nitrogens with zero attached hydrogens (tertiary/aromatic N) is 1. The van der Waals surface area contributed by atoms with Gasteiger partial charge in [0.15, 0.2) is 0 Å². The van der Waals surface area contributed by atoms with Gasteiger partial charge >= 0.3 is 0 Å². The van der Waals surface area contributed by atoms with Crippen LogP contribution in [0.15, 0.2) is 54.6 Å². The number of rotatable bonds is 4. The number of benzene rings is 2. The molecular formula is C16H13NO3S. The molecule has 0 aliphatic rings. The Labute approximate surface area is 125 Å². The molecule has 1 heterocycles. The average Bonchev–Trinajstić information content (AvgIpc) is 2.92. The third-order valence-corrected chi connectivity index (χ3v) is 4.57. The zero-order chi connectivity index (χ0) is 14.8. The molecule has 0 saturated carbocycles. The predicted molar refractivity (Wildman–Crippen MR) is 83.6 cm³/mol. The van der Waals surface area contributed by atoms with Crippen LogP contribution in [-0.2, 0) is 6.42 Å². The summed E-state index contributed by atoms with van der Waals surface area (Å²) >= 11 is 1.57. The standard InChI is InChI=1S/C16H13NO3S/c18-14(9-11-5-7-13(8-6-11)17(19)20)16-10-12-3-1-2-4-15(12)21-16/h1-8,10,14,18H,9H2. The van der Waals surface area contributed by atoms with E-state index in [-0.39, 0.29) is 5.69 Å². The predicted octanol–water partition coefficient (Wildman–Crippen LogP) is 4.09. The van der Waals surface area contributed by atoms with Crippen molar-refractivity contribution in [2.24, 2.45) is 0 Å². The fourth-order valence-corrected chi connectivity index (χ4v) is 3.29. The minimum absolute atomic E-state index is 0.0649. The van der Waals surface area contributed by atoms with Gasteiger partial charge in [0.25, 0.3) is 5.69 Å². The van der Waals surface area contributed by atoms with Crippen LogP contribution in [0.3, 0.4) is 0 Å². The van der Waals surface area contributed by atoms with Crippen LogP contribution in [0, 0.1) is 10.1 Å². The summed E-state index contributed by atoms with van der Waals surface area (Å²) < 4.78 is 1.15. The lowest BCUT2D eigenvalue weighted by atomic mass is 10.1. The van der Waals surface area contributed by atoms with Gasteiger partial charge in [-0.1, -0.05) is 30.3 Å². The van der Waals surface area contributed by atoms with E-state index in [9.17, 15) is 15.2 Å². The molecular weight excluding hydrogens is 286 g/mol. The van der Waals surface area contributed by atoms with E-state index >= 15 is 0 Å². The normalized spacial score (nSPS) is 12.4. The molecule has 21 heavy (non-hydrogen) atoms. The first-order valence-corrected chi connectivity index (χ1v) is 7.35. The van der Waals surface area contributed by atoms with Gasteiger partial charge in [-0.25, -0.2) is 0 Å². The molecule has 0 radical (unpaired) electrons. The van der Waals surface area contributed by atoms with E-state index in [0.717, 1.165) is 20.5 Å². The lowest BCUT2D eigenvalue weighted by Gasteiger charge is -2.08. The quantitative estimate of drug-likeness (QED) is 0.583. The fourth-order valence-electron chi connectivity index (χ4n) is 2.24. The molecule has 5 heteroatoms. The van der Waals surface area contributed by atoms with Crippen LogP contribution in [-0.4, -0.2) is 10.0 Å². The number of nitro groups is 1. The highest BCUT2D eigenvalue weighted by Gasteiger charge is 2.13. The third-order valence-electron chi connectivity index (χ3n) is 3.35. The minimum Gasteiger partial charge on any atom is -0.387 e. The van der Waals surface area contributed by atoms with Crippen LogP contribution in [0.5, 0.6) is 0 Å². The summed E-state index contributed by atoms with van der Waals surface area (Å²) in [4.78, 5) is 11.1. The van der Waals surface area contributed by atoms with E-state index in [2.05, 4.69) is 0 Å². The molecule has 0 aliphatic carbocycles. The molecule has 0 fully saturated rings. The Morgan fingerprint density at radius 1 is 1.14 bits per heavy atom. The Bertz CT molecular complexity index is 747. The van der Waals surface area contributed by atoms with Gasteiger partial charge in [-0.15, -0.1) is 11.3 Å². The van der Waals surface area contributed by atoms with Gasteiger partial charge in [0.2, 0.25) is 0 Å². The lowest BCUT2D eigenvalue weighted by Crippen LogP contribution is -1.99. The monoisotopic (exact) mass is 299 g/mol. The Morgan fingerprint density at radius 3 is 2.52 bits per heavy atom. The van der Waals surface area contributed by atoms with Crippen molar-refractivity contribution in [1.82, 2.24) is 0 Å². The molecule has 0 bridgehead atoms. The van der Waals surface area contributed by atoms with Gasteiger partial charge in [0, 0.05) is 28.1 Å². The van der Waals surface area contributed by atoms with Gasteiger partial charge in [0.1, 0.15) is 0 Å². The summed E-state index contributed by atoms with van der Waals surface area (Å²) in [6, 6.07) is 16.3. The van der Waals surface area contributed by atoms with Crippen LogP contribution < -0.4 is 0 Å². The van der Waals surface area contributed by atoms with Gasteiger partial charge in [-0.05, 0) is 23.1 Å². The summed E-state index contributed by atoms with van der Waals surface area (Å²) in [5.41, 5.74) is 0.945. The topological polar surface area (TPSA) is 63.4 Å². The zero-order valence-electron chi connectivity index (χ0n) is 11.1. The maximum Gasteiger partial charge on any atom is 0.269 e. The summed E-state index contributed by atoms with van der Waals surface area (Å²) in [6.45, 7) is 0. The molecule has 1 unspecified atom stereocenters. The van der Waals surface area contributed by atoms with Gasteiger partial charge in [-0.3, -0.25) is 10.1 Å². The molecule has 1 aromatic heterocycles. The van der Waals surface area contributed by atoms with E-state index in [1.165, 1.54) is 12.1 Å². The molecule has 0 aliphatic heterocycles. The van der Waals surface area contributed by atoms with E-state index in [0.29, 0.717) is 6.42 Å². The number of thiophene rings is 1. The van der Waals surface area contributed by atoms with Gasteiger partial charge in [-0.2, -0.15) is 0 Å². The van der Waals surface area contributed by atoms with Crippen molar-refractivity contribution >= 4 is 27.1 Å². The molecule has 1 N–H and O–H groups in total.